The molecule has 5 nitrogen and oxygen atoms in total. The third kappa shape index (κ3) is 4.59. The van der Waals surface area contributed by atoms with Gasteiger partial charge in [0.2, 0.25) is 10.0 Å². The molecule has 1 aliphatic heterocycles. The quantitative estimate of drug-likeness (QED) is 0.804. The molecule has 1 fully saturated rings. The fourth-order valence-corrected chi connectivity index (χ4v) is 4.65. The Morgan fingerprint density at radius 1 is 1.43 bits per heavy atom. The lowest BCUT2D eigenvalue weighted by Crippen LogP contribution is -2.36. The number of aromatic nitrogens is 1. The Bertz CT molecular complexity index is 552. The first-order valence-corrected chi connectivity index (χ1v) is 9.76. The van der Waals surface area contributed by atoms with Crippen LogP contribution in [-0.2, 0) is 10.0 Å². The molecule has 0 saturated carbocycles. The first-order chi connectivity index (χ1) is 9.95. The van der Waals surface area contributed by atoms with E-state index in [4.69, 9.17) is 0 Å². The second kappa shape index (κ2) is 6.98. The standard InChI is InChI=1S/C14H23N3O2S2/c1-3-8-15-13-6-5-12(10-16-13)21(18,19)17-11-14(2)7-4-9-20-14/h5-6,10,17H,3-4,7-9,11H2,1-2H3,(H,15,16). The summed E-state index contributed by atoms with van der Waals surface area (Å²) in [6, 6.07) is 3.30. The number of thioether (sulfide) groups is 1. The van der Waals surface area contributed by atoms with Crippen LogP contribution in [0.1, 0.15) is 33.1 Å². The smallest absolute Gasteiger partial charge is 0.242 e. The molecule has 2 N–H and O–H groups in total. The molecule has 0 aromatic carbocycles. The lowest BCUT2D eigenvalue weighted by Gasteiger charge is -2.22. The SMILES string of the molecule is CCCNc1ccc(S(=O)(=O)NCC2(C)CCCS2)cn1. The molecule has 1 aromatic heterocycles. The molecule has 1 atom stereocenters. The minimum atomic E-state index is -3.48. The first kappa shape index (κ1) is 16.6. The Morgan fingerprint density at radius 3 is 2.81 bits per heavy atom. The monoisotopic (exact) mass is 329 g/mol. The number of hydrogen-bond donors (Lipinski definition) is 2. The minimum Gasteiger partial charge on any atom is -0.370 e. The van der Waals surface area contributed by atoms with Gasteiger partial charge in [-0.2, -0.15) is 11.8 Å². The molecule has 1 aliphatic rings. The van der Waals surface area contributed by atoms with Gasteiger partial charge in [0.25, 0.3) is 0 Å². The third-order valence-corrected chi connectivity index (χ3v) is 6.46. The molecule has 0 radical (unpaired) electrons. The van der Waals surface area contributed by atoms with E-state index in [2.05, 4.69) is 28.9 Å². The van der Waals surface area contributed by atoms with Crippen LogP contribution in [0.3, 0.4) is 0 Å². The van der Waals surface area contributed by atoms with Gasteiger partial charge in [0.15, 0.2) is 0 Å². The molecule has 0 amide bonds. The predicted molar refractivity (Wildman–Crippen MR) is 88.3 cm³/mol. The second-order valence-corrected chi connectivity index (χ2v) is 8.98. The molecule has 2 rings (SSSR count). The average molecular weight is 329 g/mol. The van der Waals surface area contributed by atoms with Crippen LogP contribution in [0.5, 0.6) is 0 Å². The number of rotatable bonds is 7. The van der Waals surface area contributed by atoms with Crippen LogP contribution in [0.4, 0.5) is 5.82 Å². The normalized spacial score (nSPS) is 22.4. The van der Waals surface area contributed by atoms with Crippen molar-refractivity contribution < 1.29 is 8.42 Å². The fraction of sp³-hybridized carbons (Fsp3) is 0.643. The summed E-state index contributed by atoms with van der Waals surface area (Å²) < 4.78 is 27.3. The number of hydrogen-bond acceptors (Lipinski definition) is 5. The summed E-state index contributed by atoms with van der Waals surface area (Å²) in [6.45, 7) is 5.48. The molecule has 1 saturated heterocycles. The van der Waals surface area contributed by atoms with Gasteiger partial charge in [-0.15, -0.1) is 0 Å². The average Bonchev–Trinajstić information content (AvgIpc) is 2.91. The molecule has 1 aromatic rings. The molecule has 0 bridgehead atoms. The summed E-state index contributed by atoms with van der Waals surface area (Å²) in [5, 5.41) is 3.13. The van der Waals surface area contributed by atoms with Crippen molar-refractivity contribution in [1.29, 1.82) is 0 Å². The van der Waals surface area contributed by atoms with E-state index in [1.54, 1.807) is 12.1 Å². The summed E-state index contributed by atoms with van der Waals surface area (Å²) in [5.41, 5.74) is 0. The second-order valence-electron chi connectivity index (χ2n) is 5.53. The van der Waals surface area contributed by atoms with Gasteiger partial charge in [0, 0.05) is 24.0 Å². The van der Waals surface area contributed by atoms with Crippen LogP contribution in [-0.4, -0.2) is 37.0 Å². The summed E-state index contributed by atoms with van der Waals surface area (Å²) in [7, 11) is -3.48. The molecule has 0 aliphatic carbocycles. The third-order valence-electron chi connectivity index (χ3n) is 3.54. The highest BCUT2D eigenvalue weighted by Crippen LogP contribution is 2.37. The molecule has 0 spiro atoms. The zero-order valence-electron chi connectivity index (χ0n) is 12.6. The zero-order chi connectivity index (χ0) is 15.3. The molecular weight excluding hydrogens is 306 g/mol. The maximum Gasteiger partial charge on any atom is 0.242 e. The highest BCUT2D eigenvalue weighted by Gasteiger charge is 2.31. The van der Waals surface area contributed by atoms with E-state index in [-0.39, 0.29) is 9.64 Å². The van der Waals surface area contributed by atoms with Gasteiger partial charge in [0.05, 0.1) is 0 Å². The Morgan fingerprint density at radius 2 is 2.24 bits per heavy atom. The van der Waals surface area contributed by atoms with Crippen LogP contribution >= 0.6 is 11.8 Å². The summed E-state index contributed by atoms with van der Waals surface area (Å²) in [6.07, 6.45) is 4.62. The van der Waals surface area contributed by atoms with Gasteiger partial charge in [-0.05, 0) is 44.1 Å². The topological polar surface area (TPSA) is 71.1 Å². The predicted octanol–water partition coefficient (Wildman–Crippen LogP) is 2.47. The number of pyridine rings is 1. The largest absolute Gasteiger partial charge is 0.370 e. The summed E-state index contributed by atoms with van der Waals surface area (Å²) in [5.74, 6) is 1.81. The number of sulfonamides is 1. The van der Waals surface area contributed by atoms with Crippen molar-refractivity contribution in [3.63, 3.8) is 0 Å². The van der Waals surface area contributed by atoms with Crippen molar-refractivity contribution in [2.45, 2.75) is 42.8 Å². The van der Waals surface area contributed by atoms with Gasteiger partial charge in [-0.1, -0.05) is 6.92 Å². The summed E-state index contributed by atoms with van der Waals surface area (Å²) in [4.78, 5) is 4.36. The maximum absolute atomic E-state index is 12.3. The Kier molecular flexibility index (Phi) is 5.51. The van der Waals surface area contributed by atoms with Crippen LogP contribution in [0, 0.1) is 0 Å². The van der Waals surface area contributed by atoms with Crippen LogP contribution in [0.25, 0.3) is 0 Å². The maximum atomic E-state index is 12.3. The van der Waals surface area contributed by atoms with Crippen LogP contribution < -0.4 is 10.0 Å². The highest BCUT2D eigenvalue weighted by atomic mass is 32.2. The van der Waals surface area contributed by atoms with E-state index in [0.29, 0.717) is 12.4 Å². The number of nitrogens with zero attached hydrogens (tertiary/aromatic N) is 1. The van der Waals surface area contributed by atoms with E-state index in [1.165, 1.54) is 6.20 Å². The van der Waals surface area contributed by atoms with Crippen molar-refractivity contribution in [1.82, 2.24) is 9.71 Å². The molecule has 1 unspecified atom stereocenters. The Balaban J connectivity index is 1.98. The van der Waals surface area contributed by atoms with Crippen LogP contribution in [0.2, 0.25) is 0 Å². The van der Waals surface area contributed by atoms with E-state index < -0.39 is 10.0 Å². The van der Waals surface area contributed by atoms with E-state index >= 15 is 0 Å². The van der Waals surface area contributed by atoms with Gasteiger partial charge >= 0.3 is 0 Å². The molecule has 2 heterocycles. The van der Waals surface area contributed by atoms with Gasteiger partial charge in [0.1, 0.15) is 10.7 Å². The summed E-state index contributed by atoms with van der Waals surface area (Å²) >= 11 is 1.84. The fourth-order valence-electron chi connectivity index (χ4n) is 2.20. The lowest BCUT2D eigenvalue weighted by molar-refractivity contribution is 0.552. The minimum absolute atomic E-state index is 0.0170. The lowest BCUT2D eigenvalue weighted by atomic mass is 10.1. The number of nitrogens with one attached hydrogen (secondary N) is 2. The van der Waals surface area contributed by atoms with E-state index in [0.717, 1.165) is 31.6 Å². The van der Waals surface area contributed by atoms with Crippen molar-refractivity contribution in [2.75, 3.05) is 24.2 Å². The Labute approximate surface area is 131 Å². The van der Waals surface area contributed by atoms with E-state index in [1.807, 2.05) is 11.8 Å². The van der Waals surface area contributed by atoms with Gasteiger partial charge in [-0.25, -0.2) is 18.1 Å². The van der Waals surface area contributed by atoms with E-state index in [9.17, 15) is 8.42 Å². The van der Waals surface area contributed by atoms with Crippen molar-refractivity contribution >= 4 is 27.6 Å². The first-order valence-electron chi connectivity index (χ1n) is 7.29. The molecule has 21 heavy (non-hydrogen) atoms. The Hall–Kier alpha value is -0.790. The van der Waals surface area contributed by atoms with Gasteiger partial charge < -0.3 is 5.32 Å². The molecule has 118 valence electrons. The van der Waals surface area contributed by atoms with Crippen molar-refractivity contribution in [3.8, 4) is 0 Å². The number of anilines is 1. The molecular formula is C14H23N3O2S2. The van der Waals surface area contributed by atoms with Crippen molar-refractivity contribution in [3.05, 3.63) is 18.3 Å². The highest BCUT2D eigenvalue weighted by molar-refractivity contribution is 8.01. The zero-order valence-corrected chi connectivity index (χ0v) is 14.2. The molecule has 7 heteroatoms. The van der Waals surface area contributed by atoms with Crippen LogP contribution in [0.15, 0.2) is 23.2 Å². The van der Waals surface area contributed by atoms with Crippen molar-refractivity contribution in [2.24, 2.45) is 0 Å². The van der Waals surface area contributed by atoms with Gasteiger partial charge in [-0.3, -0.25) is 0 Å².